The Hall–Kier alpha value is -0.510. The summed E-state index contributed by atoms with van der Waals surface area (Å²) < 4.78 is 3.76. The van der Waals surface area contributed by atoms with E-state index >= 15 is 0 Å². The molecule has 0 fully saturated rings. The summed E-state index contributed by atoms with van der Waals surface area (Å²) >= 11 is 0. The highest BCUT2D eigenvalue weighted by Gasteiger charge is 1.99. The first-order valence-electron chi connectivity index (χ1n) is 3.48. The summed E-state index contributed by atoms with van der Waals surface area (Å²) in [4.78, 5) is 4.94. The van der Waals surface area contributed by atoms with E-state index in [1.165, 1.54) is 0 Å². The molecule has 0 spiro atoms. The zero-order valence-electron chi connectivity index (χ0n) is 6.83. The summed E-state index contributed by atoms with van der Waals surface area (Å²) in [5.41, 5.74) is 0. The van der Waals surface area contributed by atoms with Gasteiger partial charge in [0.1, 0.15) is 13.3 Å². The van der Waals surface area contributed by atoms with Crippen LogP contribution in [0.5, 0.6) is 0 Å². The number of imidazole rings is 1. The van der Waals surface area contributed by atoms with Gasteiger partial charge in [-0.15, -0.1) is 0 Å². The van der Waals surface area contributed by atoms with Crippen molar-refractivity contribution >= 4 is 0 Å². The molecule has 0 N–H and O–H groups in total. The molecular weight excluding hydrogens is 208 g/mol. The predicted octanol–water partition coefficient (Wildman–Crippen LogP) is -2.75. The molecule has 4 heteroatoms. The Balaban J connectivity index is 0.000001000. The zero-order valence-corrected chi connectivity index (χ0v) is 8.41. The van der Waals surface area contributed by atoms with Crippen molar-refractivity contribution in [2.75, 3.05) is 7.11 Å². The summed E-state index contributed by atoms with van der Waals surface area (Å²) in [6, 6.07) is 0. The molecule has 3 nitrogen and oxygen atoms in total. The second-order valence-corrected chi connectivity index (χ2v) is 2.19. The van der Waals surface area contributed by atoms with Gasteiger partial charge in [-0.05, 0) is 6.42 Å². The fraction of sp³-hybridized carbons (Fsp3) is 0.571. The average Bonchev–Trinajstić information content (AvgIpc) is 2.37. The lowest BCUT2D eigenvalue weighted by atomic mass is 10.5. The SMILES string of the molecule is CCC[n+]1ccn(OC)c1.[Br-]. The summed E-state index contributed by atoms with van der Waals surface area (Å²) in [7, 11) is 1.65. The third kappa shape index (κ3) is 2.93. The Labute approximate surface area is 77.3 Å². The summed E-state index contributed by atoms with van der Waals surface area (Å²) in [6.07, 6.45) is 6.95. The van der Waals surface area contributed by atoms with E-state index in [9.17, 15) is 0 Å². The van der Waals surface area contributed by atoms with Gasteiger partial charge in [0.2, 0.25) is 0 Å². The quantitative estimate of drug-likeness (QED) is 0.506. The second-order valence-electron chi connectivity index (χ2n) is 2.19. The van der Waals surface area contributed by atoms with E-state index in [1.54, 1.807) is 11.8 Å². The van der Waals surface area contributed by atoms with Gasteiger partial charge in [-0.25, -0.2) is 4.57 Å². The van der Waals surface area contributed by atoms with Crippen molar-refractivity contribution in [3.63, 3.8) is 0 Å². The van der Waals surface area contributed by atoms with Crippen molar-refractivity contribution in [2.45, 2.75) is 19.9 Å². The zero-order chi connectivity index (χ0) is 7.40. The van der Waals surface area contributed by atoms with E-state index in [4.69, 9.17) is 4.84 Å². The molecule has 0 aliphatic heterocycles. The predicted molar refractivity (Wildman–Crippen MR) is 37.4 cm³/mol. The number of nitrogens with zero attached hydrogens (tertiary/aromatic N) is 2. The Kier molecular flexibility index (Phi) is 4.94. The second kappa shape index (κ2) is 5.18. The number of aromatic nitrogens is 2. The first-order valence-corrected chi connectivity index (χ1v) is 3.48. The molecule has 1 aromatic rings. The van der Waals surface area contributed by atoms with Crippen molar-refractivity contribution in [1.29, 1.82) is 0 Å². The lowest BCUT2D eigenvalue weighted by Crippen LogP contribution is -3.00. The lowest BCUT2D eigenvalue weighted by molar-refractivity contribution is -0.697. The molecule has 64 valence electrons. The molecule has 0 saturated carbocycles. The van der Waals surface area contributed by atoms with Crippen LogP contribution >= 0.6 is 0 Å². The molecule has 1 heterocycles. The molecule has 1 aromatic heterocycles. The molecule has 0 aliphatic rings. The van der Waals surface area contributed by atoms with Crippen molar-refractivity contribution in [2.24, 2.45) is 0 Å². The molecule has 0 saturated heterocycles. The van der Waals surface area contributed by atoms with Gasteiger partial charge < -0.3 is 21.8 Å². The van der Waals surface area contributed by atoms with E-state index in [-0.39, 0.29) is 17.0 Å². The van der Waals surface area contributed by atoms with Crippen LogP contribution in [-0.4, -0.2) is 11.8 Å². The molecule has 1 rings (SSSR count). The van der Waals surface area contributed by atoms with E-state index in [1.807, 2.05) is 18.7 Å². The minimum absolute atomic E-state index is 0. The molecule has 0 aromatic carbocycles. The van der Waals surface area contributed by atoms with Gasteiger partial charge >= 0.3 is 0 Å². The van der Waals surface area contributed by atoms with E-state index < -0.39 is 0 Å². The average molecular weight is 221 g/mol. The highest BCUT2D eigenvalue weighted by molar-refractivity contribution is 4.59. The Morgan fingerprint density at radius 1 is 1.55 bits per heavy atom. The van der Waals surface area contributed by atoms with Crippen LogP contribution in [0.1, 0.15) is 13.3 Å². The number of aryl methyl sites for hydroxylation is 1. The standard InChI is InChI=1S/C7H13N2O.BrH/c1-3-4-8-5-6-9(7-8)10-2;/h5-7H,3-4H2,1-2H3;1H/q+1;/p-1. The molecule has 0 amide bonds. The monoisotopic (exact) mass is 220 g/mol. The molecular formula is C7H13BrN2O. The maximum atomic E-state index is 4.94. The van der Waals surface area contributed by atoms with Crippen LogP contribution in [0, 0.1) is 0 Å². The van der Waals surface area contributed by atoms with Crippen LogP contribution in [0.3, 0.4) is 0 Å². The fourth-order valence-corrected chi connectivity index (χ4v) is 0.873. The van der Waals surface area contributed by atoms with Gasteiger partial charge in [-0.3, -0.25) is 0 Å². The van der Waals surface area contributed by atoms with Gasteiger partial charge in [0.05, 0.1) is 6.54 Å². The van der Waals surface area contributed by atoms with Crippen LogP contribution < -0.4 is 26.4 Å². The van der Waals surface area contributed by atoms with Crippen molar-refractivity contribution in [3.8, 4) is 0 Å². The minimum atomic E-state index is 0. The normalized spacial score (nSPS) is 8.91. The smallest absolute Gasteiger partial charge is 0.284 e. The van der Waals surface area contributed by atoms with Crippen molar-refractivity contribution in [3.05, 3.63) is 18.7 Å². The highest BCUT2D eigenvalue weighted by Crippen LogP contribution is 1.80. The van der Waals surface area contributed by atoms with Crippen LogP contribution in [0.25, 0.3) is 0 Å². The molecule has 11 heavy (non-hydrogen) atoms. The Morgan fingerprint density at radius 2 is 2.27 bits per heavy atom. The summed E-state index contributed by atoms with van der Waals surface area (Å²) in [5, 5.41) is 0. The van der Waals surface area contributed by atoms with Gasteiger partial charge in [0, 0.05) is 0 Å². The van der Waals surface area contributed by atoms with Crippen molar-refractivity contribution in [1.82, 2.24) is 4.73 Å². The molecule has 0 atom stereocenters. The number of halogens is 1. The first-order chi connectivity index (χ1) is 4.86. The Bertz CT molecular complexity index is 200. The lowest BCUT2D eigenvalue weighted by Gasteiger charge is -1.88. The molecule has 0 unspecified atom stereocenters. The van der Waals surface area contributed by atoms with Crippen LogP contribution in [0.2, 0.25) is 0 Å². The Morgan fingerprint density at radius 3 is 2.73 bits per heavy atom. The third-order valence-corrected chi connectivity index (χ3v) is 1.36. The maximum absolute atomic E-state index is 4.94. The first kappa shape index (κ1) is 10.5. The van der Waals surface area contributed by atoms with Crippen LogP contribution in [0.4, 0.5) is 0 Å². The van der Waals surface area contributed by atoms with E-state index in [2.05, 4.69) is 11.5 Å². The number of hydrogen-bond donors (Lipinski definition) is 0. The largest absolute Gasteiger partial charge is 1.00 e. The fourth-order valence-electron chi connectivity index (χ4n) is 0.873. The summed E-state index contributed by atoms with van der Waals surface area (Å²) in [5.74, 6) is 0. The van der Waals surface area contributed by atoms with Gasteiger partial charge in [-0.1, -0.05) is 11.7 Å². The van der Waals surface area contributed by atoms with Gasteiger partial charge in [0.15, 0.2) is 6.20 Å². The van der Waals surface area contributed by atoms with E-state index in [0.717, 1.165) is 13.0 Å². The highest BCUT2D eigenvalue weighted by atomic mass is 79.9. The third-order valence-electron chi connectivity index (χ3n) is 1.36. The molecule has 0 radical (unpaired) electrons. The van der Waals surface area contributed by atoms with Gasteiger partial charge in [0.25, 0.3) is 6.33 Å². The molecule has 0 aliphatic carbocycles. The van der Waals surface area contributed by atoms with E-state index in [0.29, 0.717) is 0 Å². The number of hydrogen-bond acceptors (Lipinski definition) is 1. The summed E-state index contributed by atoms with van der Waals surface area (Å²) in [6.45, 7) is 3.20. The minimum Gasteiger partial charge on any atom is -1.00 e. The van der Waals surface area contributed by atoms with Crippen LogP contribution in [0.15, 0.2) is 18.7 Å². The maximum Gasteiger partial charge on any atom is 0.284 e. The van der Waals surface area contributed by atoms with Gasteiger partial charge in [-0.2, -0.15) is 0 Å². The topological polar surface area (TPSA) is 18.0 Å². The number of rotatable bonds is 3. The van der Waals surface area contributed by atoms with Crippen molar-refractivity contribution < 1.29 is 26.4 Å². The van der Waals surface area contributed by atoms with Crippen LogP contribution in [-0.2, 0) is 6.54 Å². The molecule has 0 bridgehead atoms.